The number of rotatable bonds is 15. The minimum Gasteiger partial charge on any atom is -0.442 e. The van der Waals surface area contributed by atoms with Crippen molar-refractivity contribution in [3.05, 3.63) is 36.0 Å². The van der Waals surface area contributed by atoms with E-state index >= 15 is 0 Å². The smallest absolute Gasteiger partial charge is 0.410 e. The van der Waals surface area contributed by atoms with Crippen LogP contribution < -0.4 is 16.0 Å². The van der Waals surface area contributed by atoms with Gasteiger partial charge in [-0.1, -0.05) is 30.7 Å². The maximum atomic E-state index is 12.7. The average molecular weight is 735 g/mol. The van der Waals surface area contributed by atoms with Crippen molar-refractivity contribution < 1.29 is 43.2 Å². The number of aliphatic hydroxyl groups is 1. The summed E-state index contributed by atoms with van der Waals surface area (Å²) < 4.78 is 23.6. The highest BCUT2D eigenvalue weighted by Gasteiger charge is 2.58. The maximum absolute atomic E-state index is 12.7. The first-order chi connectivity index (χ1) is 24.4. The first-order valence-electron chi connectivity index (χ1n) is 18.3. The van der Waals surface area contributed by atoms with E-state index < -0.39 is 30.0 Å². The van der Waals surface area contributed by atoms with Crippen LogP contribution in [0.3, 0.4) is 0 Å². The third kappa shape index (κ3) is 12.9. The van der Waals surface area contributed by atoms with Crippen LogP contribution in [0.4, 0.5) is 4.79 Å². The number of carbonyl (C=O) groups is 4. The molecule has 0 aromatic heterocycles. The Kier molecular flexibility index (Phi) is 15.9. The van der Waals surface area contributed by atoms with E-state index in [2.05, 4.69) is 29.0 Å². The van der Waals surface area contributed by atoms with E-state index in [1.165, 1.54) is 17.8 Å². The number of nitrogens with one attached hydrogen (secondary N) is 3. The Hall–Kier alpha value is -2.91. The number of hydrogen-bond donors (Lipinski definition) is 4. The number of allylic oxidation sites excluding steroid dienone is 2. The van der Waals surface area contributed by atoms with Gasteiger partial charge in [-0.2, -0.15) is 11.8 Å². The van der Waals surface area contributed by atoms with Crippen LogP contribution in [0.2, 0.25) is 0 Å². The number of amides is 4. The Labute approximate surface area is 306 Å². The summed E-state index contributed by atoms with van der Waals surface area (Å²) in [4.78, 5) is 50.9. The van der Waals surface area contributed by atoms with Gasteiger partial charge in [0.05, 0.1) is 43.1 Å². The van der Waals surface area contributed by atoms with Crippen molar-refractivity contribution in [2.24, 2.45) is 5.92 Å². The van der Waals surface area contributed by atoms with E-state index in [1.54, 1.807) is 17.9 Å². The summed E-state index contributed by atoms with van der Waals surface area (Å²) in [5.74, 6) is 0.0832. The number of piperidine rings is 1. The molecule has 0 bridgehead atoms. The Balaban J connectivity index is 1.19. The zero-order valence-electron chi connectivity index (χ0n) is 30.8. The predicted octanol–water partition coefficient (Wildman–Crippen LogP) is 3.02. The highest BCUT2D eigenvalue weighted by molar-refractivity contribution is 7.99. The Morgan fingerprint density at radius 2 is 1.76 bits per heavy atom. The lowest BCUT2D eigenvalue weighted by Crippen LogP contribution is -2.51. The Bertz CT molecular complexity index is 1280. The minimum atomic E-state index is -0.838. The van der Waals surface area contributed by atoms with Gasteiger partial charge in [0, 0.05) is 38.7 Å². The second kappa shape index (κ2) is 19.8. The van der Waals surface area contributed by atoms with Crippen LogP contribution in [0.15, 0.2) is 36.0 Å². The van der Waals surface area contributed by atoms with Crippen molar-refractivity contribution in [3.63, 3.8) is 0 Å². The SMILES string of the molecule is CSCC(=O)NCCNC(=O)C[C@@H]1C[C@@]2(CO2)[C@H](O)[C@@H](/C=C/C(C)=C/C[C@@H]2O[C@H](C)[C@H](NC(=O)/C=C\[C@H](C)OC(=O)N3CCCCC3)C[C@@H]2C)O1. The second-order valence-electron chi connectivity index (χ2n) is 14.3. The molecule has 4 saturated heterocycles. The van der Waals surface area contributed by atoms with Crippen LogP contribution >= 0.6 is 11.8 Å². The van der Waals surface area contributed by atoms with E-state index in [0.717, 1.165) is 31.3 Å². The molecule has 0 aliphatic carbocycles. The van der Waals surface area contributed by atoms with Crippen molar-refractivity contribution in [2.45, 2.75) is 121 Å². The van der Waals surface area contributed by atoms with Gasteiger partial charge in [-0.15, -0.1) is 0 Å². The molecule has 51 heavy (non-hydrogen) atoms. The van der Waals surface area contributed by atoms with Crippen LogP contribution in [0.5, 0.6) is 0 Å². The topological polar surface area (TPSA) is 168 Å². The lowest BCUT2D eigenvalue weighted by Gasteiger charge is -2.39. The second-order valence-corrected chi connectivity index (χ2v) is 15.2. The summed E-state index contributed by atoms with van der Waals surface area (Å²) in [6.07, 6.45) is 12.9. The van der Waals surface area contributed by atoms with E-state index in [4.69, 9.17) is 18.9 Å². The molecule has 4 N–H and O–H groups in total. The highest BCUT2D eigenvalue weighted by Crippen LogP contribution is 2.43. The molecule has 0 saturated carbocycles. The monoisotopic (exact) mass is 734 g/mol. The van der Waals surface area contributed by atoms with Crippen LogP contribution in [0, 0.1) is 5.92 Å². The van der Waals surface area contributed by atoms with Crippen LogP contribution in [-0.2, 0) is 33.3 Å². The summed E-state index contributed by atoms with van der Waals surface area (Å²) in [6.45, 7) is 10.3. The Morgan fingerprint density at radius 1 is 1.06 bits per heavy atom. The van der Waals surface area contributed by atoms with Crippen molar-refractivity contribution in [2.75, 3.05) is 44.8 Å². The number of hydrogen-bond acceptors (Lipinski definition) is 10. The van der Waals surface area contributed by atoms with E-state index in [0.29, 0.717) is 51.4 Å². The van der Waals surface area contributed by atoms with Crippen molar-refractivity contribution >= 4 is 35.6 Å². The molecule has 4 aliphatic rings. The zero-order valence-corrected chi connectivity index (χ0v) is 31.6. The van der Waals surface area contributed by atoms with E-state index in [-0.39, 0.29) is 54.4 Å². The molecule has 286 valence electrons. The standard InChI is InChI=1S/C37H58N4O9S/c1-24(10-13-31-35(45)37(23-47-37)21-28(50-31)20-33(43)38-15-16-39-34(44)22-51-5)9-12-30-25(2)19-29(27(4)49-30)40-32(42)14-11-26(3)48-36(46)41-17-7-6-8-18-41/h9-11,13-14,25-31,35,45H,6-8,12,15-23H2,1-5H3,(H,38,43)(H,39,44)(H,40,42)/b13-10+,14-11-,24-9+/t25-,26-,27+,28+,29+,30-,31+,35+,37+/m0/s1. The van der Waals surface area contributed by atoms with Gasteiger partial charge in [0.15, 0.2) is 0 Å². The summed E-state index contributed by atoms with van der Waals surface area (Å²) in [5, 5.41) is 19.6. The van der Waals surface area contributed by atoms with Crippen LogP contribution in [-0.4, -0.2) is 127 Å². The summed E-state index contributed by atoms with van der Waals surface area (Å²) >= 11 is 1.44. The molecule has 14 heteroatoms. The quantitative estimate of drug-likeness (QED) is 0.0850. The third-order valence-electron chi connectivity index (χ3n) is 9.93. The predicted molar refractivity (Wildman–Crippen MR) is 195 cm³/mol. The number of ether oxygens (including phenoxy) is 4. The van der Waals surface area contributed by atoms with E-state index in [9.17, 15) is 24.3 Å². The van der Waals surface area contributed by atoms with Gasteiger partial charge >= 0.3 is 6.09 Å². The largest absolute Gasteiger partial charge is 0.442 e. The van der Waals surface area contributed by atoms with Crippen molar-refractivity contribution in [1.82, 2.24) is 20.9 Å². The van der Waals surface area contributed by atoms with Gasteiger partial charge in [0.2, 0.25) is 17.7 Å². The van der Waals surface area contributed by atoms with Crippen LogP contribution in [0.25, 0.3) is 0 Å². The maximum Gasteiger partial charge on any atom is 0.410 e. The zero-order chi connectivity index (χ0) is 37.0. The molecule has 4 rings (SSSR count). The highest BCUT2D eigenvalue weighted by atomic mass is 32.2. The molecular formula is C37H58N4O9S. The molecule has 1 spiro atoms. The molecule has 0 aromatic carbocycles. The minimum absolute atomic E-state index is 0.0253. The molecule has 0 unspecified atom stereocenters. The summed E-state index contributed by atoms with van der Waals surface area (Å²) in [7, 11) is 0. The normalized spacial score (nSPS) is 31.8. The fourth-order valence-electron chi connectivity index (χ4n) is 6.80. The molecule has 4 amide bonds. The number of nitrogens with zero attached hydrogens (tertiary/aromatic N) is 1. The number of epoxide rings is 1. The first-order valence-corrected chi connectivity index (χ1v) is 19.7. The van der Waals surface area contributed by atoms with Crippen LogP contribution in [0.1, 0.15) is 72.6 Å². The lowest BCUT2D eigenvalue weighted by atomic mass is 9.87. The molecule has 4 fully saturated rings. The number of aliphatic hydroxyl groups excluding tert-OH is 1. The van der Waals surface area contributed by atoms with Gasteiger partial charge in [0.25, 0.3) is 0 Å². The van der Waals surface area contributed by atoms with Crippen molar-refractivity contribution in [3.8, 4) is 0 Å². The summed E-state index contributed by atoms with van der Waals surface area (Å²) in [5.41, 5.74) is 0.294. The molecular weight excluding hydrogens is 676 g/mol. The van der Waals surface area contributed by atoms with E-state index in [1.807, 2.05) is 32.3 Å². The summed E-state index contributed by atoms with van der Waals surface area (Å²) in [6, 6.07) is -0.146. The molecule has 9 atom stereocenters. The Morgan fingerprint density at radius 3 is 2.45 bits per heavy atom. The first kappa shape index (κ1) is 40.9. The van der Waals surface area contributed by atoms with Gasteiger partial charge in [-0.3, -0.25) is 14.4 Å². The van der Waals surface area contributed by atoms with Gasteiger partial charge < -0.3 is 44.9 Å². The third-order valence-corrected chi connectivity index (χ3v) is 10.5. The molecule has 4 aliphatic heterocycles. The molecule has 0 radical (unpaired) electrons. The fraction of sp³-hybridized carbons (Fsp3) is 0.730. The average Bonchev–Trinajstić information content (AvgIpc) is 3.87. The molecule has 13 nitrogen and oxygen atoms in total. The fourth-order valence-corrected chi connectivity index (χ4v) is 7.16. The number of carbonyl (C=O) groups excluding carboxylic acids is 4. The number of thioether (sulfide) groups is 1. The van der Waals surface area contributed by atoms with Crippen molar-refractivity contribution in [1.29, 1.82) is 0 Å². The van der Waals surface area contributed by atoms with Gasteiger partial charge in [0.1, 0.15) is 23.9 Å². The molecule has 0 aromatic rings. The van der Waals surface area contributed by atoms with Gasteiger partial charge in [-0.05, 0) is 71.1 Å². The lowest BCUT2D eigenvalue weighted by molar-refractivity contribution is -0.145. The molecule has 4 heterocycles. The number of likely N-dealkylation sites (tertiary alicyclic amines) is 1. The van der Waals surface area contributed by atoms with Gasteiger partial charge in [-0.25, -0.2) is 4.79 Å².